The van der Waals surface area contributed by atoms with Gasteiger partial charge >= 0.3 is 0 Å². The Kier molecular flexibility index (Phi) is 6.04. The maximum Gasteiger partial charge on any atom is 0.244 e. The van der Waals surface area contributed by atoms with Crippen LogP contribution in [0, 0.1) is 13.8 Å². The molecule has 4 rings (SSSR count). The first-order valence-corrected chi connectivity index (χ1v) is 10.7. The highest BCUT2D eigenvalue weighted by Gasteiger charge is 2.13. The first-order valence-electron chi connectivity index (χ1n) is 10.3. The molecule has 0 saturated carbocycles. The number of aromatic nitrogens is 4. The summed E-state index contributed by atoms with van der Waals surface area (Å²) in [5.41, 5.74) is 4.79. The van der Waals surface area contributed by atoms with E-state index in [2.05, 4.69) is 51.2 Å². The molecule has 1 aliphatic rings. The van der Waals surface area contributed by atoms with Gasteiger partial charge in [0, 0.05) is 30.8 Å². The lowest BCUT2D eigenvalue weighted by Crippen LogP contribution is -2.20. The standard InChI is InChI=1S/C23H26ClN5O/c1-16-6-8-18(9-7-16)14-29-23(24)20(17(2)27-29)10-11-22(30)25-13-19-15-28-12-4-3-5-21(28)26-19/h6-11,15H,3-5,12-14H2,1-2H3,(H,25,30)/b11-10+. The van der Waals surface area contributed by atoms with Crippen molar-refractivity contribution >= 4 is 23.6 Å². The fraction of sp³-hybridized carbons (Fsp3) is 0.348. The van der Waals surface area contributed by atoms with Crippen LogP contribution in [-0.2, 0) is 30.8 Å². The van der Waals surface area contributed by atoms with Crippen molar-refractivity contribution in [1.82, 2.24) is 24.6 Å². The van der Waals surface area contributed by atoms with Gasteiger partial charge in [0.05, 0.1) is 24.5 Å². The van der Waals surface area contributed by atoms with E-state index in [1.54, 1.807) is 10.8 Å². The Labute approximate surface area is 181 Å². The van der Waals surface area contributed by atoms with Gasteiger partial charge in [0.25, 0.3) is 0 Å². The van der Waals surface area contributed by atoms with Crippen molar-refractivity contribution in [2.75, 3.05) is 0 Å². The molecule has 7 heteroatoms. The molecule has 0 radical (unpaired) electrons. The number of carbonyl (C=O) groups is 1. The van der Waals surface area contributed by atoms with Gasteiger partial charge in [-0.15, -0.1) is 0 Å². The van der Waals surface area contributed by atoms with Crippen LogP contribution in [0.5, 0.6) is 0 Å². The minimum absolute atomic E-state index is 0.178. The SMILES string of the molecule is Cc1ccc(Cn2nc(C)c(/C=C/C(=O)NCc3cn4c(n3)CCCC4)c2Cl)cc1. The molecule has 6 nitrogen and oxygen atoms in total. The number of nitrogens with one attached hydrogen (secondary N) is 1. The van der Waals surface area contributed by atoms with Crippen molar-refractivity contribution in [3.8, 4) is 0 Å². The van der Waals surface area contributed by atoms with Gasteiger partial charge in [-0.25, -0.2) is 9.67 Å². The van der Waals surface area contributed by atoms with Crippen molar-refractivity contribution in [1.29, 1.82) is 0 Å². The van der Waals surface area contributed by atoms with E-state index in [0.717, 1.165) is 41.3 Å². The van der Waals surface area contributed by atoms with Crippen LogP contribution in [0.25, 0.3) is 6.08 Å². The summed E-state index contributed by atoms with van der Waals surface area (Å²) in [6, 6.07) is 8.28. The normalized spacial score (nSPS) is 13.6. The van der Waals surface area contributed by atoms with Gasteiger partial charge in [-0.05, 0) is 38.3 Å². The van der Waals surface area contributed by atoms with Crippen LogP contribution < -0.4 is 5.32 Å². The van der Waals surface area contributed by atoms with E-state index < -0.39 is 0 Å². The lowest BCUT2D eigenvalue weighted by molar-refractivity contribution is -0.116. The number of carbonyl (C=O) groups excluding carboxylic acids is 1. The average molecular weight is 424 g/mol. The van der Waals surface area contributed by atoms with Crippen LogP contribution in [0.3, 0.4) is 0 Å². The maximum atomic E-state index is 12.3. The van der Waals surface area contributed by atoms with Crippen LogP contribution in [-0.4, -0.2) is 25.2 Å². The Bertz CT molecular complexity index is 1050. The third-order valence-electron chi connectivity index (χ3n) is 5.37. The largest absolute Gasteiger partial charge is 0.347 e. The van der Waals surface area contributed by atoms with Crippen LogP contribution >= 0.6 is 11.6 Å². The van der Waals surface area contributed by atoms with E-state index in [4.69, 9.17) is 11.6 Å². The number of nitrogens with zero attached hydrogens (tertiary/aromatic N) is 4. The Morgan fingerprint density at radius 3 is 2.80 bits per heavy atom. The second-order valence-electron chi connectivity index (χ2n) is 7.78. The molecule has 0 bridgehead atoms. The topological polar surface area (TPSA) is 64.7 Å². The summed E-state index contributed by atoms with van der Waals surface area (Å²) in [5.74, 6) is 0.937. The summed E-state index contributed by atoms with van der Waals surface area (Å²) < 4.78 is 3.95. The molecule has 3 heterocycles. The van der Waals surface area contributed by atoms with Crippen molar-refractivity contribution in [2.45, 2.75) is 52.7 Å². The lowest BCUT2D eigenvalue weighted by atomic mass is 10.1. The summed E-state index contributed by atoms with van der Waals surface area (Å²) in [6.07, 6.45) is 8.65. The number of imidazole rings is 1. The summed E-state index contributed by atoms with van der Waals surface area (Å²) in [6.45, 7) is 5.97. The highest BCUT2D eigenvalue weighted by Crippen LogP contribution is 2.22. The van der Waals surface area contributed by atoms with Crippen molar-refractivity contribution in [3.63, 3.8) is 0 Å². The van der Waals surface area contributed by atoms with Crippen LogP contribution in [0.1, 0.15) is 46.7 Å². The van der Waals surface area contributed by atoms with Gasteiger partial charge in [0.15, 0.2) is 0 Å². The zero-order valence-corrected chi connectivity index (χ0v) is 18.1. The average Bonchev–Trinajstić information content (AvgIpc) is 3.27. The molecule has 1 aliphatic heterocycles. The molecule has 0 aliphatic carbocycles. The van der Waals surface area contributed by atoms with E-state index in [0.29, 0.717) is 18.2 Å². The van der Waals surface area contributed by atoms with E-state index >= 15 is 0 Å². The molecule has 2 aromatic heterocycles. The molecule has 1 aromatic carbocycles. The number of amides is 1. The minimum Gasteiger partial charge on any atom is -0.347 e. The predicted octanol–water partition coefficient (Wildman–Crippen LogP) is 4.06. The summed E-state index contributed by atoms with van der Waals surface area (Å²) in [4.78, 5) is 16.9. The molecule has 156 valence electrons. The summed E-state index contributed by atoms with van der Waals surface area (Å²) in [5, 5.41) is 7.95. The number of hydrogen-bond acceptors (Lipinski definition) is 3. The zero-order valence-electron chi connectivity index (χ0n) is 17.4. The first-order chi connectivity index (χ1) is 14.5. The molecular weight excluding hydrogens is 398 g/mol. The number of hydrogen-bond donors (Lipinski definition) is 1. The molecule has 0 saturated heterocycles. The molecule has 1 N–H and O–H groups in total. The Hall–Kier alpha value is -2.86. The minimum atomic E-state index is -0.178. The lowest BCUT2D eigenvalue weighted by Gasteiger charge is -2.11. The van der Waals surface area contributed by atoms with Gasteiger partial charge in [-0.1, -0.05) is 41.4 Å². The molecule has 0 spiro atoms. The molecule has 0 fully saturated rings. The third-order valence-corrected chi connectivity index (χ3v) is 5.76. The Morgan fingerprint density at radius 2 is 2.03 bits per heavy atom. The van der Waals surface area contributed by atoms with Gasteiger partial charge in [0.2, 0.25) is 5.91 Å². The zero-order chi connectivity index (χ0) is 21.1. The van der Waals surface area contributed by atoms with Crippen LogP contribution in [0.4, 0.5) is 0 Å². The van der Waals surface area contributed by atoms with E-state index in [9.17, 15) is 4.79 Å². The second kappa shape index (κ2) is 8.88. The number of aryl methyl sites for hydroxylation is 4. The smallest absolute Gasteiger partial charge is 0.244 e. The summed E-state index contributed by atoms with van der Waals surface area (Å²) in [7, 11) is 0. The molecule has 0 unspecified atom stereocenters. The van der Waals surface area contributed by atoms with Gasteiger partial charge < -0.3 is 9.88 Å². The van der Waals surface area contributed by atoms with Crippen molar-refractivity contribution < 1.29 is 4.79 Å². The monoisotopic (exact) mass is 423 g/mol. The number of fused-ring (bicyclic) bond motifs is 1. The fourth-order valence-electron chi connectivity index (χ4n) is 3.68. The predicted molar refractivity (Wildman–Crippen MR) is 118 cm³/mol. The maximum absolute atomic E-state index is 12.3. The molecule has 3 aromatic rings. The number of benzene rings is 1. The van der Waals surface area contributed by atoms with E-state index in [-0.39, 0.29) is 5.91 Å². The van der Waals surface area contributed by atoms with Crippen molar-refractivity contribution in [2.24, 2.45) is 0 Å². The highest BCUT2D eigenvalue weighted by atomic mass is 35.5. The third kappa shape index (κ3) is 4.65. The quantitative estimate of drug-likeness (QED) is 0.608. The van der Waals surface area contributed by atoms with Crippen LogP contribution in [0.15, 0.2) is 36.5 Å². The van der Waals surface area contributed by atoms with Gasteiger partial charge in [-0.3, -0.25) is 4.79 Å². The molecule has 0 atom stereocenters. The van der Waals surface area contributed by atoms with E-state index in [1.165, 1.54) is 24.5 Å². The molecular formula is C23H26ClN5O. The van der Waals surface area contributed by atoms with E-state index in [1.807, 2.05) is 13.1 Å². The molecule has 1 amide bonds. The molecule has 30 heavy (non-hydrogen) atoms. The Balaban J connectivity index is 1.38. The Morgan fingerprint density at radius 1 is 1.23 bits per heavy atom. The van der Waals surface area contributed by atoms with Gasteiger partial charge in [0.1, 0.15) is 11.0 Å². The highest BCUT2D eigenvalue weighted by molar-refractivity contribution is 6.31. The summed E-state index contributed by atoms with van der Waals surface area (Å²) >= 11 is 6.53. The first kappa shape index (κ1) is 20.4. The van der Waals surface area contributed by atoms with Crippen LogP contribution in [0.2, 0.25) is 5.15 Å². The van der Waals surface area contributed by atoms with Gasteiger partial charge in [-0.2, -0.15) is 5.10 Å². The second-order valence-corrected chi connectivity index (χ2v) is 8.14. The van der Waals surface area contributed by atoms with Crippen molar-refractivity contribution in [3.05, 3.63) is 75.6 Å². The number of halogens is 1. The number of rotatable bonds is 6. The fourth-order valence-corrected chi connectivity index (χ4v) is 3.98.